The molecule has 0 aliphatic carbocycles. The molecule has 0 radical (unpaired) electrons. The summed E-state index contributed by atoms with van der Waals surface area (Å²) in [5.74, 6) is 0.724. The Labute approximate surface area is 149 Å². The van der Waals surface area contributed by atoms with Crippen molar-refractivity contribution < 1.29 is 9.53 Å². The van der Waals surface area contributed by atoms with E-state index in [9.17, 15) is 4.79 Å². The first-order valence-corrected chi connectivity index (χ1v) is 9.30. The Morgan fingerprint density at radius 1 is 1.04 bits per heavy atom. The van der Waals surface area contributed by atoms with E-state index in [0.29, 0.717) is 12.5 Å². The molecule has 2 aromatic rings. The van der Waals surface area contributed by atoms with Gasteiger partial charge in [-0.05, 0) is 30.4 Å². The molecule has 0 saturated carbocycles. The van der Waals surface area contributed by atoms with Crippen LogP contribution in [0.2, 0.25) is 0 Å². The summed E-state index contributed by atoms with van der Waals surface area (Å²) in [6.45, 7) is 2.81. The van der Waals surface area contributed by atoms with Crippen molar-refractivity contribution in [2.45, 2.75) is 38.5 Å². The summed E-state index contributed by atoms with van der Waals surface area (Å²) in [5.41, 5.74) is 2.42. The molecule has 1 amide bonds. The molecule has 4 rings (SSSR count). The van der Waals surface area contributed by atoms with Gasteiger partial charge in [-0.3, -0.25) is 4.79 Å². The normalized spacial score (nSPS) is 28.8. The van der Waals surface area contributed by atoms with Gasteiger partial charge in [0.05, 0.1) is 12.6 Å². The molecule has 2 aliphatic rings. The highest BCUT2D eigenvalue weighted by Gasteiger charge is 2.48. The molecule has 0 N–H and O–H groups in total. The number of nitrogens with zero attached hydrogens (tertiary/aromatic N) is 1. The second-order valence-corrected chi connectivity index (χ2v) is 7.19. The van der Waals surface area contributed by atoms with Crippen LogP contribution >= 0.6 is 0 Å². The lowest BCUT2D eigenvalue weighted by atomic mass is 9.81. The van der Waals surface area contributed by atoms with Crippen molar-refractivity contribution in [3.05, 3.63) is 71.8 Å². The summed E-state index contributed by atoms with van der Waals surface area (Å²) in [5, 5.41) is 0. The Bertz CT molecular complexity index is 715. The summed E-state index contributed by atoms with van der Waals surface area (Å²) in [4.78, 5) is 15.3. The number of rotatable bonds is 4. The number of ether oxygens (including phenoxy) is 1. The zero-order valence-corrected chi connectivity index (χ0v) is 14.7. The summed E-state index contributed by atoms with van der Waals surface area (Å²) >= 11 is 0. The molecule has 0 aromatic heterocycles. The van der Waals surface area contributed by atoms with Crippen LogP contribution in [0.1, 0.15) is 36.9 Å². The average molecular weight is 335 g/mol. The molecule has 25 heavy (non-hydrogen) atoms. The van der Waals surface area contributed by atoms with E-state index in [1.165, 1.54) is 11.1 Å². The molecule has 2 fully saturated rings. The fourth-order valence-corrected chi connectivity index (χ4v) is 4.33. The van der Waals surface area contributed by atoms with Gasteiger partial charge in [-0.2, -0.15) is 0 Å². The van der Waals surface area contributed by atoms with Crippen molar-refractivity contribution >= 4 is 5.91 Å². The second kappa shape index (κ2) is 7.01. The van der Waals surface area contributed by atoms with Crippen molar-refractivity contribution in [1.82, 2.24) is 4.90 Å². The van der Waals surface area contributed by atoms with Crippen LogP contribution in [0, 0.1) is 11.8 Å². The highest BCUT2D eigenvalue weighted by atomic mass is 16.5. The van der Waals surface area contributed by atoms with Gasteiger partial charge in [-0.15, -0.1) is 0 Å². The van der Waals surface area contributed by atoms with Crippen LogP contribution in [-0.2, 0) is 16.0 Å². The average Bonchev–Trinajstić information content (AvgIpc) is 3.11. The van der Waals surface area contributed by atoms with Crippen LogP contribution < -0.4 is 0 Å². The number of hydrogen-bond acceptors (Lipinski definition) is 2. The van der Waals surface area contributed by atoms with Gasteiger partial charge in [0.25, 0.3) is 0 Å². The topological polar surface area (TPSA) is 29.5 Å². The summed E-state index contributed by atoms with van der Waals surface area (Å²) in [6.07, 6.45) is 2.73. The molecule has 0 bridgehead atoms. The lowest BCUT2D eigenvalue weighted by Crippen LogP contribution is -2.50. The van der Waals surface area contributed by atoms with Crippen LogP contribution in [-0.4, -0.2) is 23.6 Å². The van der Waals surface area contributed by atoms with Gasteiger partial charge in [-0.1, -0.05) is 67.6 Å². The predicted molar refractivity (Wildman–Crippen MR) is 97.8 cm³/mol. The smallest absolute Gasteiger partial charge is 0.228 e. The first-order chi connectivity index (χ1) is 12.3. The number of carbonyl (C=O) groups is 1. The molecular formula is C22H25NO2. The van der Waals surface area contributed by atoms with E-state index in [0.717, 1.165) is 19.3 Å². The predicted octanol–water partition coefficient (Wildman–Crippen LogP) is 4.20. The molecule has 2 aromatic carbocycles. The maximum absolute atomic E-state index is 13.3. The molecular weight excluding hydrogens is 310 g/mol. The van der Waals surface area contributed by atoms with E-state index in [1.807, 2.05) is 29.2 Å². The Hall–Kier alpha value is -2.13. The number of hydrogen-bond donors (Lipinski definition) is 0. The molecule has 2 saturated heterocycles. The first-order valence-electron chi connectivity index (χ1n) is 9.30. The van der Waals surface area contributed by atoms with Gasteiger partial charge < -0.3 is 9.64 Å². The SMILES string of the molecule is CC[C@@H]1C[C@H](Cc2ccccc2)C(=O)N2[C@H](c3ccccc3)CO[C@@H]12. The highest BCUT2D eigenvalue weighted by Crippen LogP contribution is 2.42. The number of fused-ring (bicyclic) bond motifs is 1. The van der Waals surface area contributed by atoms with Gasteiger partial charge in [0.2, 0.25) is 5.91 Å². The zero-order chi connectivity index (χ0) is 17.2. The molecule has 0 unspecified atom stereocenters. The van der Waals surface area contributed by atoms with E-state index in [1.54, 1.807) is 0 Å². The minimum atomic E-state index is -0.0604. The number of piperidine rings is 1. The second-order valence-electron chi connectivity index (χ2n) is 7.19. The number of benzene rings is 2. The van der Waals surface area contributed by atoms with E-state index in [-0.39, 0.29) is 24.1 Å². The fraction of sp³-hybridized carbons (Fsp3) is 0.409. The van der Waals surface area contributed by atoms with Gasteiger partial charge in [0.1, 0.15) is 6.23 Å². The van der Waals surface area contributed by atoms with Crippen molar-refractivity contribution in [3.8, 4) is 0 Å². The van der Waals surface area contributed by atoms with Crippen LogP contribution in [0.15, 0.2) is 60.7 Å². The van der Waals surface area contributed by atoms with Gasteiger partial charge in [0, 0.05) is 11.8 Å². The van der Waals surface area contributed by atoms with Crippen LogP contribution in [0.5, 0.6) is 0 Å². The summed E-state index contributed by atoms with van der Waals surface area (Å²) in [7, 11) is 0. The van der Waals surface area contributed by atoms with E-state index in [2.05, 4.69) is 43.3 Å². The minimum absolute atomic E-state index is 0.0475. The zero-order valence-electron chi connectivity index (χ0n) is 14.7. The maximum Gasteiger partial charge on any atom is 0.228 e. The van der Waals surface area contributed by atoms with E-state index < -0.39 is 0 Å². The van der Waals surface area contributed by atoms with E-state index >= 15 is 0 Å². The summed E-state index contributed by atoms with van der Waals surface area (Å²) < 4.78 is 6.10. The first kappa shape index (κ1) is 16.3. The Kier molecular flexibility index (Phi) is 4.58. The molecule has 2 heterocycles. The molecule has 0 spiro atoms. The van der Waals surface area contributed by atoms with Crippen molar-refractivity contribution in [2.24, 2.45) is 11.8 Å². The molecule has 3 heteroatoms. The third-order valence-electron chi connectivity index (χ3n) is 5.66. The molecule has 2 aliphatic heterocycles. The minimum Gasteiger partial charge on any atom is -0.355 e. The third-order valence-corrected chi connectivity index (χ3v) is 5.66. The largest absolute Gasteiger partial charge is 0.355 e. The lowest BCUT2D eigenvalue weighted by Gasteiger charge is -2.41. The van der Waals surface area contributed by atoms with Crippen molar-refractivity contribution in [2.75, 3.05) is 6.61 Å². The summed E-state index contributed by atoms with van der Waals surface area (Å²) in [6, 6.07) is 20.7. The van der Waals surface area contributed by atoms with Crippen molar-refractivity contribution in [1.29, 1.82) is 0 Å². The fourth-order valence-electron chi connectivity index (χ4n) is 4.33. The van der Waals surface area contributed by atoms with Crippen LogP contribution in [0.3, 0.4) is 0 Å². The quantitative estimate of drug-likeness (QED) is 0.838. The van der Waals surface area contributed by atoms with Gasteiger partial charge in [0.15, 0.2) is 0 Å². The van der Waals surface area contributed by atoms with Crippen LogP contribution in [0.4, 0.5) is 0 Å². The third kappa shape index (κ3) is 3.09. The van der Waals surface area contributed by atoms with Crippen LogP contribution in [0.25, 0.3) is 0 Å². The molecule has 4 atom stereocenters. The monoisotopic (exact) mass is 335 g/mol. The Balaban J connectivity index is 1.61. The molecule has 130 valence electrons. The number of amides is 1. The number of carbonyl (C=O) groups excluding carboxylic acids is 1. The maximum atomic E-state index is 13.3. The lowest BCUT2D eigenvalue weighted by molar-refractivity contribution is -0.154. The Morgan fingerprint density at radius 2 is 1.72 bits per heavy atom. The van der Waals surface area contributed by atoms with Gasteiger partial charge in [-0.25, -0.2) is 0 Å². The van der Waals surface area contributed by atoms with Gasteiger partial charge >= 0.3 is 0 Å². The van der Waals surface area contributed by atoms with E-state index in [4.69, 9.17) is 4.74 Å². The Morgan fingerprint density at radius 3 is 2.40 bits per heavy atom. The van der Waals surface area contributed by atoms with Crippen molar-refractivity contribution in [3.63, 3.8) is 0 Å². The molecule has 3 nitrogen and oxygen atoms in total. The standard InChI is InChI=1S/C22H25NO2/c1-2-17-14-19(13-16-9-5-3-6-10-16)21(24)23-20(15-25-22(17)23)18-11-7-4-8-12-18/h3-12,17,19-20,22H,2,13-15H2,1H3/t17-,19+,20+,22+/m1/s1. The highest BCUT2D eigenvalue weighted by molar-refractivity contribution is 5.81.